The SMILES string of the molecule is COc1ccc(N(Cc2ccc(-c3nnc(C(F)(F)F)o3)cc2F)S(C)(=O)=O)cc1. The van der Waals surface area contributed by atoms with E-state index in [1.54, 1.807) is 12.1 Å². The number of anilines is 1. The van der Waals surface area contributed by atoms with Gasteiger partial charge in [0.2, 0.25) is 15.9 Å². The van der Waals surface area contributed by atoms with Crippen LogP contribution in [0.4, 0.5) is 23.2 Å². The van der Waals surface area contributed by atoms with Gasteiger partial charge >= 0.3 is 12.1 Å². The minimum Gasteiger partial charge on any atom is -0.497 e. The van der Waals surface area contributed by atoms with Gasteiger partial charge in [0, 0.05) is 11.1 Å². The van der Waals surface area contributed by atoms with Crippen LogP contribution in [0.2, 0.25) is 0 Å². The Morgan fingerprint density at radius 2 is 1.77 bits per heavy atom. The zero-order valence-corrected chi connectivity index (χ0v) is 16.5. The lowest BCUT2D eigenvalue weighted by Crippen LogP contribution is -2.29. The molecule has 160 valence electrons. The fourth-order valence-electron chi connectivity index (χ4n) is 2.57. The zero-order chi connectivity index (χ0) is 22.1. The second-order valence-corrected chi connectivity index (χ2v) is 8.09. The molecule has 12 heteroatoms. The number of nitrogens with zero attached hydrogens (tertiary/aromatic N) is 3. The number of hydrogen-bond donors (Lipinski definition) is 0. The Morgan fingerprint density at radius 3 is 2.27 bits per heavy atom. The quantitative estimate of drug-likeness (QED) is 0.536. The predicted molar refractivity (Wildman–Crippen MR) is 98.7 cm³/mol. The zero-order valence-electron chi connectivity index (χ0n) is 15.6. The second kappa shape index (κ2) is 7.94. The normalized spacial score (nSPS) is 12.1. The second-order valence-electron chi connectivity index (χ2n) is 6.18. The lowest BCUT2D eigenvalue weighted by molar-refractivity contribution is -0.156. The molecule has 0 atom stereocenters. The maximum Gasteiger partial charge on any atom is 0.470 e. The number of alkyl halides is 3. The van der Waals surface area contributed by atoms with Crippen LogP contribution in [0.1, 0.15) is 11.5 Å². The molecule has 3 aromatic rings. The van der Waals surface area contributed by atoms with Crippen molar-refractivity contribution in [1.82, 2.24) is 10.2 Å². The largest absolute Gasteiger partial charge is 0.497 e. The van der Waals surface area contributed by atoms with Crippen molar-refractivity contribution < 1.29 is 35.1 Å². The molecular weight excluding hydrogens is 430 g/mol. The van der Waals surface area contributed by atoms with Gasteiger partial charge in [-0.3, -0.25) is 4.31 Å². The molecule has 0 bridgehead atoms. The van der Waals surface area contributed by atoms with Gasteiger partial charge in [0.1, 0.15) is 11.6 Å². The summed E-state index contributed by atoms with van der Waals surface area (Å²) in [6.45, 7) is -0.338. The Balaban J connectivity index is 1.90. The van der Waals surface area contributed by atoms with Gasteiger partial charge in [-0.2, -0.15) is 13.2 Å². The van der Waals surface area contributed by atoms with Crippen LogP contribution in [0.25, 0.3) is 11.5 Å². The monoisotopic (exact) mass is 445 g/mol. The third-order valence-corrected chi connectivity index (χ3v) is 5.18. The van der Waals surface area contributed by atoms with Crippen molar-refractivity contribution in [3.05, 3.63) is 59.7 Å². The maximum atomic E-state index is 14.6. The van der Waals surface area contributed by atoms with Crippen LogP contribution in [0.5, 0.6) is 5.75 Å². The molecule has 0 N–H and O–H groups in total. The third-order valence-electron chi connectivity index (χ3n) is 4.04. The van der Waals surface area contributed by atoms with Crippen LogP contribution < -0.4 is 9.04 Å². The molecule has 0 fully saturated rings. The maximum absolute atomic E-state index is 14.6. The number of aromatic nitrogens is 2. The smallest absolute Gasteiger partial charge is 0.470 e. The van der Waals surface area contributed by atoms with Crippen LogP contribution in [0, 0.1) is 5.82 Å². The van der Waals surface area contributed by atoms with E-state index in [0.717, 1.165) is 16.6 Å². The molecule has 7 nitrogen and oxygen atoms in total. The van der Waals surface area contributed by atoms with Gasteiger partial charge in [-0.25, -0.2) is 12.8 Å². The molecule has 0 amide bonds. The van der Waals surface area contributed by atoms with Crippen molar-refractivity contribution in [1.29, 1.82) is 0 Å². The molecule has 0 spiro atoms. The third kappa shape index (κ3) is 4.70. The number of ether oxygens (including phenoxy) is 1. The molecule has 0 radical (unpaired) electrons. The Morgan fingerprint density at radius 1 is 1.10 bits per heavy atom. The molecule has 2 aromatic carbocycles. The first kappa shape index (κ1) is 21.6. The van der Waals surface area contributed by atoms with Crippen LogP contribution in [0.3, 0.4) is 0 Å². The van der Waals surface area contributed by atoms with Gasteiger partial charge < -0.3 is 9.15 Å². The Bertz CT molecular complexity index is 1140. The van der Waals surface area contributed by atoms with Gasteiger partial charge in [0.05, 0.1) is 25.6 Å². The molecular formula is C18H15F4N3O4S. The summed E-state index contributed by atoms with van der Waals surface area (Å²) in [6, 6.07) is 9.52. The van der Waals surface area contributed by atoms with E-state index in [2.05, 4.69) is 14.6 Å². The van der Waals surface area contributed by atoms with E-state index in [-0.39, 0.29) is 23.4 Å². The number of rotatable bonds is 6. The van der Waals surface area contributed by atoms with Crippen LogP contribution in [-0.4, -0.2) is 32.0 Å². The number of halogens is 4. The number of hydrogen-bond acceptors (Lipinski definition) is 6. The lowest BCUT2D eigenvalue weighted by Gasteiger charge is -2.23. The summed E-state index contributed by atoms with van der Waals surface area (Å²) < 4.78 is 87.3. The van der Waals surface area contributed by atoms with E-state index < -0.39 is 33.8 Å². The van der Waals surface area contributed by atoms with Gasteiger partial charge in [-0.05, 0) is 36.4 Å². The first-order valence-corrected chi connectivity index (χ1v) is 10.1. The standard InChI is InChI=1S/C18H15F4N3O4S/c1-28-14-7-5-13(6-8-14)25(30(2,26)27)10-12-4-3-11(9-15(12)19)16-23-24-17(29-16)18(20,21)22/h3-9H,10H2,1-2H3. The van der Waals surface area contributed by atoms with Crippen LogP contribution in [0.15, 0.2) is 46.9 Å². The van der Waals surface area contributed by atoms with Gasteiger partial charge in [0.15, 0.2) is 0 Å². The molecule has 0 aliphatic carbocycles. The minimum absolute atomic E-state index is 0.00412. The Labute approximate surface area is 169 Å². The summed E-state index contributed by atoms with van der Waals surface area (Å²) in [5, 5.41) is 6.15. The highest BCUT2D eigenvalue weighted by molar-refractivity contribution is 7.92. The first-order chi connectivity index (χ1) is 14.0. The predicted octanol–water partition coefficient (Wildman–Crippen LogP) is 3.87. The van der Waals surface area contributed by atoms with Crippen molar-refractivity contribution in [2.24, 2.45) is 0 Å². The van der Waals surface area contributed by atoms with Gasteiger partial charge in [0.25, 0.3) is 0 Å². The van der Waals surface area contributed by atoms with Crippen molar-refractivity contribution >= 4 is 15.7 Å². The van der Waals surface area contributed by atoms with Crippen molar-refractivity contribution in [2.45, 2.75) is 12.7 Å². The van der Waals surface area contributed by atoms with E-state index in [0.29, 0.717) is 5.75 Å². The van der Waals surface area contributed by atoms with E-state index in [1.165, 1.54) is 31.4 Å². The fraction of sp³-hybridized carbons (Fsp3) is 0.222. The lowest BCUT2D eigenvalue weighted by atomic mass is 10.1. The number of benzene rings is 2. The molecule has 1 heterocycles. The Hall–Kier alpha value is -3.15. The summed E-state index contributed by atoms with van der Waals surface area (Å²) in [5.41, 5.74) is 0.207. The summed E-state index contributed by atoms with van der Waals surface area (Å²) in [5.74, 6) is -2.39. The molecule has 0 aliphatic rings. The van der Waals surface area contributed by atoms with E-state index >= 15 is 0 Å². The Kier molecular flexibility index (Phi) is 5.70. The highest BCUT2D eigenvalue weighted by Gasteiger charge is 2.38. The molecule has 1 aromatic heterocycles. The summed E-state index contributed by atoms with van der Waals surface area (Å²) in [7, 11) is -2.31. The summed E-state index contributed by atoms with van der Waals surface area (Å²) >= 11 is 0. The van der Waals surface area contributed by atoms with E-state index in [1.807, 2.05) is 0 Å². The topological polar surface area (TPSA) is 85.5 Å². The van der Waals surface area contributed by atoms with E-state index in [4.69, 9.17) is 4.74 Å². The summed E-state index contributed by atoms with van der Waals surface area (Å²) in [6.07, 6.45) is -3.85. The number of methoxy groups -OCH3 is 1. The van der Waals surface area contributed by atoms with Crippen molar-refractivity contribution in [3.63, 3.8) is 0 Å². The number of sulfonamides is 1. The molecule has 0 aliphatic heterocycles. The molecule has 0 saturated heterocycles. The molecule has 0 unspecified atom stereocenters. The first-order valence-electron chi connectivity index (χ1n) is 8.30. The highest BCUT2D eigenvalue weighted by Crippen LogP contribution is 2.31. The van der Waals surface area contributed by atoms with Crippen LogP contribution in [-0.2, 0) is 22.7 Å². The fourth-order valence-corrected chi connectivity index (χ4v) is 3.44. The summed E-state index contributed by atoms with van der Waals surface area (Å²) in [4.78, 5) is 0. The average Bonchev–Trinajstić information content (AvgIpc) is 3.17. The van der Waals surface area contributed by atoms with Crippen LogP contribution >= 0.6 is 0 Å². The van der Waals surface area contributed by atoms with E-state index in [9.17, 15) is 26.0 Å². The van der Waals surface area contributed by atoms with Gasteiger partial charge in [-0.1, -0.05) is 6.07 Å². The van der Waals surface area contributed by atoms with Crippen molar-refractivity contribution in [2.75, 3.05) is 17.7 Å². The highest BCUT2D eigenvalue weighted by atomic mass is 32.2. The van der Waals surface area contributed by atoms with Crippen molar-refractivity contribution in [3.8, 4) is 17.2 Å². The average molecular weight is 445 g/mol. The minimum atomic E-state index is -4.82. The molecule has 3 rings (SSSR count). The van der Waals surface area contributed by atoms with Gasteiger partial charge in [-0.15, -0.1) is 10.2 Å². The molecule has 0 saturated carbocycles. The molecule has 30 heavy (non-hydrogen) atoms.